The summed E-state index contributed by atoms with van der Waals surface area (Å²) in [5, 5.41) is 4.86. The summed E-state index contributed by atoms with van der Waals surface area (Å²) in [6, 6.07) is 17.7. The highest BCUT2D eigenvalue weighted by Gasteiger charge is 2.38. The number of H-pyrrole nitrogens is 1. The molecule has 1 saturated heterocycles. The summed E-state index contributed by atoms with van der Waals surface area (Å²) >= 11 is 5.45. The molecule has 1 aliphatic rings. The Kier molecular flexibility index (Phi) is 4.01. The van der Waals surface area contributed by atoms with E-state index >= 15 is 0 Å². The first-order valence-corrected chi connectivity index (χ1v) is 8.79. The van der Waals surface area contributed by atoms with Gasteiger partial charge in [0.05, 0.1) is 6.04 Å². The van der Waals surface area contributed by atoms with E-state index in [0.29, 0.717) is 11.5 Å². The molecule has 3 aromatic rings. The van der Waals surface area contributed by atoms with Crippen LogP contribution < -0.4 is 5.32 Å². The lowest BCUT2D eigenvalue weighted by Crippen LogP contribution is -2.34. The average Bonchev–Trinajstić information content (AvgIpc) is 3.17. The van der Waals surface area contributed by atoms with Crippen LogP contribution in [0.3, 0.4) is 0 Å². The topological polar surface area (TPSA) is 48.1 Å². The van der Waals surface area contributed by atoms with Gasteiger partial charge in [-0.05, 0) is 36.3 Å². The first-order valence-electron chi connectivity index (χ1n) is 8.38. The molecule has 126 valence electrons. The molecule has 1 aliphatic heterocycles. The lowest BCUT2D eigenvalue weighted by molar-refractivity contribution is -0.128. The van der Waals surface area contributed by atoms with Crippen molar-refractivity contribution in [2.45, 2.75) is 25.4 Å². The number of carbonyl (C=O) groups is 1. The first kappa shape index (κ1) is 15.8. The third-order valence-corrected chi connectivity index (χ3v) is 5.13. The van der Waals surface area contributed by atoms with Crippen LogP contribution in [-0.4, -0.2) is 26.9 Å². The highest BCUT2D eigenvalue weighted by atomic mass is 32.1. The number of benzene rings is 2. The van der Waals surface area contributed by atoms with Crippen molar-refractivity contribution in [3.05, 3.63) is 71.9 Å². The van der Waals surface area contributed by atoms with E-state index in [1.54, 1.807) is 4.90 Å². The van der Waals surface area contributed by atoms with Crippen molar-refractivity contribution in [3.63, 3.8) is 0 Å². The molecule has 4 rings (SSSR count). The Labute approximate surface area is 151 Å². The molecule has 1 fully saturated rings. The van der Waals surface area contributed by atoms with Crippen LogP contribution >= 0.6 is 12.2 Å². The normalized spacial score (nSPS) is 18.6. The molecule has 2 unspecified atom stereocenters. The quantitative estimate of drug-likeness (QED) is 0.708. The fourth-order valence-electron chi connectivity index (χ4n) is 3.45. The molecule has 25 heavy (non-hydrogen) atoms. The molecule has 0 aliphatic carbocycles. The molecule has 2 N–H and O–H groups in total. The summed E-state index contributed by atoms with van der Waals surface area (Å²) in [6.45, 7) is 2.01. The third-order valence-electron chi connectivity index (χ3n) is 4.82. The Morgan fingerprint density at radius 1 is 1.12 bits per heavy atom. The maximum Gasteiger partial charge on any atom is 0.252 e. The van der Waals surface area contributed by atoms with Crippen molar-refractivity contribution in [2.24, 2.45) is 0 Å². The number of hydrogen-bond acceptors (Lipinski definition) is 2. The first-order chi connectivity index (χ1) is 12.1. The van der Waals surface area contributed by atoms with Gasteiger partial charge in [-0.2, -0.15) is 0 Å². The number of hydrogen-bond donors (Lipinski definition) is 2. The molecule has 0 bridgehead atoms. The molecule has 1 amide bonds. The summed E-state index contributed by atoms with van der Waals surface area (Å²) in [5.74, 6) is 0.0339. The van der Waals surface area contributed by atoms with Gasteiger partial charge in [-0.3, -0.25) is 9.69 Å². The van der Waals surface area contributed by atoms with Crippen molar-refractivity contribution in [1.29, 1.82) is 0 Å². The molecule has 5 heteroatoms. The Morgan fingerprint density at radius 2 is 1.84 bits per heavy atom. The number of fused-ring (bicyclic) bond motifs is 1. The summed E-state index contributed by atoms with van der Waals surface area (Å²) in [5.41, 5.74) is 3.28. The van der Waals surface area contributed by atoms with Crippen LogP contribution in [0.5, 0.6) is 0 Å². The smallest absolute Gasteiger partial charge is 0.252 e. The van der Waals surface area contributed by atoms with Gasteiger partial charge in [-0.25, -0.2) is 0 Å². The maximum atomic E-state index is 13.0. The van der Waals surface area contributed by atoms with Crippen molar-refractivity contribution in [2.75, 3.05) is 0 Å². The number of para-hydroxylation sites is 1. The predicted octanol–water partition coefficient (Wildman–Crippen LogP) is 3.56. The lowest BCUT2D eigenvalue weighted by Gasteiger charge is -2.23. The summed E-state index contributed by atoms with van der Waals surface area (Å²) in [7, 11) is 0. The standard InChI is InChI=1S/C20H19N3OS/c1-13(14-7-3-2-4-8-14)23-19(24)18(22-20(23)25)11-15-12-21-17-10-6-5-9-16(15)17/h2-10,12-13,18,21H,11H2,1H3,(H,22,25). The van der Waals surface area contributed by atoms with Gasteiger partial charge in [0, 0.05) is 23.5 Å². The molecular formula is C20H19N3OS. The Bertz CT molecular complexity index is 934. The van der Waals surface area contributed by atoms with Crippen molar-refractivity contribution >= 4 is 34.1 Å². The van der Waals surface area contributed by atoms with E-state index in [4.69, 9.17) is 12.2 Å². The third kappa shape index (κ3) is 2.81. The van der Waals surface area contributed by atoms with Crippen LogP contribution in [0.1, 0.15) is 24.1 Å². The molecule has 0 radical (unpaired) electrons. The number of aromatic amines is 1. The average molecular weight is 349 g/mol. The van der Waals surface area contributed by atoms with Gasteiger partial charge < -0.3 is 10.3 Å². The van der Waals surface area contributed by atoms with Gasteiger partial charge in [0.1, 0.15) is 6.04 Å². The van der Waals surface area contributed by atoms with Gasteiger partial charge in [0.15, 0.2) is 5.11 Å². The second kappa shape index (κ2) is 6.33. The number of aromatic nitrogens is 1. The molecule has 0 spiro atoms. The number of rotatable bonds is 4. The summed E-state index contributed by atoms with van der Waals surface area (Å²) in [6.07, 6.45) is 2.59. The van der Waals surface area contributed by atoms with Crippen LogP contribution in [0.2, 0.25) is 0 Å². The van der Waals surface area contributed by atoms with Crippen LogP contribution in [0.15, 0.2) is 60.8 Å². The predicted molar refractivity (Wildman–Crippen MR) is 103 cm³/mol. The molecule has 1 aromatic heterocycles. The van der Waals surface area contributed by atoms with E-state index in [1.807, 2.05) is 61.7 Å². The molecule has 2 heterocycles. The highest BCUT2D eigenvalue weighted by Crippen LogP contribution is 2.26. The fraction of sp³-hybridized carbons (Fsp3) is 0.200. The Hall–Kier alpha value is -2.66. The van der Waals surface area contributed by atoms with E-state index in [9.17, 15) is 4.79 Å². The van der Waals surface area contributed by atoms with E-state index in [0.717, 1.165) is 22.0 Å². The summed E-state index contributed by atoms with van der Waals surface area (Å²) < 4.78 is 0. The zero-order chi connectivity index (χ0) is 17.4. The number of nitrogens with one attached hydrogen (secondary N) is 2. The summed E-state index contributed by atoms with van der Waals surface area (Å²) in [4.78, 5) is 17.9. The Balaban J connectivity index is 1.57. The number of nitrogens with zero attached hydrogens (tertiary/aromatic N) is 1. The number of carbonyl (C=O) groups excluding carboxylic acids is 1. The van der Waals surface area contributed by atoms with Crippen LogP contribution in [-0.2, 0) is 11.2 Å². The van der Waals surface area contributed by atoms with Crippen molar-refractivity contribution in [3.8, 4) is 0 Å². The molecule has 2 atom stereocenters. The van der Waals surface area contributed by atoms with Gasteiger partial charge >= 0.3 is 0 Å². The molecule has 2 aromatic carbocycles. The minimum absolute atomic E-state index is 0.0339. The van der Waals surface area contributed by atoms with Crippen LogP contribution in [0.4, 0.5) is 0 Å². The van der Waals surface area contributed by atoms with Crippen molar-refractivity contribution < 1.29 is 4.79 Å². The highest BCUT2D eigenvalue weighted by molar-refractivity contribution is 7.80. The van der Waals surface area contributed by atoms with Gasteiger partial charge in [-0.1, -0.05) is 48.5 Å². The van der Waals surface area contributed by atoms with Gasteiger partial charge in [-0.15, -0.1) is 0 Å². The lowest BCUT2D eigenvalue weighted by atomic mass is 10.0. The largest absolute Gasteiger partial charge is 0.361 e. The molecule has 0 saturated carbocycles. The van der Waals surface area contributed by atoms with Crippen molar-refractivity contribution in [1.82, 2.24) is 15.2 Å². The maximum absolute atomic E-state index is 13.0. The Morgan fingerprint density at radius 3 is 2.64 bits per heavy atom. The van der Waals surface area contributed by atoms with E-state index in [-0.39, 0.29) is 18.0 Å². The molecular weight excluding hydrogens is 330 g/mol. The van der Waals surface area contributed by atoms with Gasteiger partial charge in [0.25, 0.3) is 5.91 Å². The monoisotopic (exact) mass is 349 g/mol. The molecule has 4 nitrogen and oxygen atoms in total. The SMILES string of the molecule is CC(c1ccccc1)N1C(=O)C(Cc2c[nH]c3ccccc23)NC1=S. The van der Waals surface area contributed by atoms with Crippen LogP contribution in [0, 0.1) is 0 Å². The van der Waals surface area contributed by atoms with Gasteiger partial charge in [0.2, 0.25) is 0 Å². The van der Waals surface area contributed by atoms with Crippen LogP contribution in [0.25, 0.3) is 10.9 Å². The minimum Gasteiger partial charge on any atom is -0.361 e. The number of thiocarbonyl (C=S) groups is 1. The van der Waals surface area contributed by atoms with E-state index in [2.05, 4.69) is 16.4 Å². The fourth-order valence-corrected chi connectivity index (χ4v) is 3.84. The second-order valence-electron chi connectivity index (χ2n) is 6.36. The van der Waals surface area contributed by atoms with E-state index < -0.39 is 0 Å². The van der Waals surface area contributed by atoms with E-state index in [1.165, 1.54) is 0 Å². The zero-order valence-electron chi connectivity index (χ0n) is 13.9. The minimum atomic E-state index is -0.321. The number of amides is 1. The second-order valence-corrected chi connectivity index (χ2v) is 6.75. The zero-order valence-corrected chi connectivity index (χ0v) is 14.7.